The minimum atomic E-state index is -4.52. The van der Waals surface area contributed by atoms with Crippen molar-refractivity contribution >= 4 is 20.2 Å². The molecule has 2 aromatic carbocycles. The predicted molar refractivity (Wildman–Crippen MR) is 73.7 cm³/mol. The van der Waals surface area contributed by atoms with Crippen LogP contribution in [0.4, 0.5) is 0 Å². The summed E-state index contributed by atoms with van der Waals surface area (Å²) in [5.41, 5.74) is -0.0218. The average molecular weight is 362 g/mol. The Kier molecular flexibility index (Phi) is 8.48. The standard InChI is InChI=1S/C12H10O6S2.2Na.2H/c13-19(14,15)11-7-3-1-5-9(11)10-6-2-4-8-12(10)20(16,17)18;;;;/h1-8H,(H,13,14,15)(H,16,17,18);;;;/q;2*+1;2*-1. The zero-order chi connectivity index (χ0) is 15.0. The molecule has 110 valence electrons. The van der Waals surface area contributed by atoms with Crippen LogP contribution in [0.2, 0.25) is 0 Å². The summed E-state index contributed by atoms with van der Waals surface area (Å²) in [7, 11) is -9.04. The first-order valence-corrected chi connectivity index (χ1v) is 8.22. The van der Waals surface area contributed by atoms with Crippen LogP contribution >= 0.6 is 0 Å². The second-order valence-corrected chi connectivity index (χ2v) is 6.72. The van der Waals surface area contributed by atoms with Crippen LogP contribution in [0.5, 0.6) is 0 Å². The van der Waals surface area contributed by atoms with Crippen LogP contribution in [-0.4, -0.2) is 25.9 Å². The molecule has 0 unspecified atom stereocenters. The fourth-order valence-corrected chi connectivity index (χ4v) is 3.24. The second-order valence-electron chi connectivity index (χ2n) is 3.94. The summed E-state index contributed by atoms with van der Waals surface area (Å²) in [6, 6.07) is 10.7. The molecule has 0 radical (unpaired) electrons. The molecule has 2 rings (SSSR count). The largest absolute Gasteiger partial charge is 1.00 e. The molecule has 2 N–H and O–H groups in total. The van der Waals surface area contributed by atoms with Gasteiger partial charge >= 0.3 is 59.1 Å². The molecule has 0 spiro atoms. The zero-order valence-electron chi connectivity index (χ0n) is 14.0. The third kappa shape index (κ3) is 5.13. The SMILES string of the molecule is O=S(=O)(O)c1ccccc1-c1ccccc1S(=O)(=O)O.[H-].[H-].[Na+].[Na+]. The molecule has 0 fully saturated rings. The van der Waals surface area contributed by atoms with E-state index in [4.69, 9.17) is 0 Å². The van der Waals surface area contributed by atoms with E-state index in [0.29, 0.717) is 0 Å². The van der Waals surface area contributed by atoms with Gasteiger partial charge in [0.05, 0.1) is 0 Å². The van der Waals surface area contributed by atoms with E-state index in [1.807, 2.05) is 0 Å². The van der Waals surface area contributed by atoms with Crippen molar-refractivity contribution < 1.29 is 87.9 Å². The van der Waals surface area contributed by atoms with Gasteiger partial charge in [0.1, 0.15) is 9.79 Å². The summed E-state index contributed by atoms with van der Waals surface area (Å²) in [5.74, 6) is 0. The third-order valence-electron chi connectivity index (χ3n) is 2.62. The van der Waals surface area contributed by atoms with Gasteiger partial charge in [0.2, 0.25) is 0 Å². The van der Waals surface area contributed by atoms with Crippen molar-refractivity contribution in [2.75, 3.05) is 0 Å². The molecule has 0 bridgehead atoms. The van der Waals surface area contributed by atoms with Gasteiger partial charge in [-0.3, -0.25) is 9.11 Å². The summed E-state index contributed by atoms with van der Waals surface area (Å²) in [4.78, 5) is -0.868. The van der Waals surface area contributed by atoms with E-state index in [0.717, 1.165) is 12.1 Å². The van der Waals surface area contributed by atoms with Crippen LogP contribution in [-0.2, 0) is 20.2 Å². The maximum Gasteiger partial charge on any atom is 1.00 e. The average Bonchev–Trinajstić information content (AvgIpc) is 2.37. The Bertz CT molecular complexity index is 799. The molecule has 0 saturated heterocycles. The molecule has 22 heavy (non-hydrogen) atoms. The molecule has 0 heterocycles. The normalized spacial score (nSPS) is 11.2. The van der Waals surface area contributed by atoms with E-state index < -0.39 is 30.0 Å². The Labute approximate surface area is 176 Å². The van der Waals surface area contributed by atoms with E-state index >= 15 is 0 Å². The minimum absolute atomic E-state index is 0. The third-order valence-corrected chi connectivity index (χ3v) is 4.44. The van der Waals surface area contributed by atoms with Gasteiger partial charge in [-0.1, -0.05) is 36.4 Å². The first-order valence-electron chi connectivity index (χ1n) is 5.34. The van der Waals surface area contributed by atoms with E-state index in [1.54, 1.807) is 0 Å². The van der Waals surface area contributed by atoms with Crippen molar-refractivity contribution in [1.82, 2.24) is 0 Å². The zero-order valence-corrected chi connectivity index (χ0v) is 17.6. The van der Waals surface area contributed by atoms with Crippen molar-refractivity contribution in [1.29, 1.82) is 0 Å². The molecule has 2 aromatic rings. The van der Waals surface area contributed by atoms with Gasteiger partial charge in [-0.2, -0.15) is 16.8 Å². The van der Waals surface area contributed by atoms with Crippen molar-refractivity contribution in [3.8, 4) is 11.1 Å². The molecule has 0 aliphatic rings. The van der Waals surface area contributed by atoms with E-state index in [-0.39, 0.29) is 73.1 Å². The Balaban J connectivity index is -0.00000110. The van der Waals surface area contributed by atoms with Gasteiger partial charge < -0.3 is 2.85 Å². The molecule has 6 nitrogen and oxygen atoms in total. The van der Waals surface area contributed by atoms with Crippen molar-refractivity contribution in [2.24, 2.45) is 0 Å². The smallest absolute Gasteiger partial charge is 1.00 e. The molecule has 0 amide bonds. The summed E-state index contributed by atoms with van der Waals surface area (Å²) in [6.45, 7) is 0. The summed E-state index contributed by atoms with van der Waals surface area (Å²) in [6.07, 6.45) is 0. The first-order chi connectivity index (χ1) is 9.21. The maximum absolute atomic E-state index is 11.3. The Hall–Kier alpha value is 0.260. The van der Waals surface area contributed by atoms with Gasteiger partial charge in [0.15, 0.2) is 0 Å². The van der Waals surface area contributed by atoms with E-state index in [1.165, 1.54) is 36.4 Å². The van der Waals surface area contributed by atoms with Crippen LogP contribution in [0.15, 0.2) is 58.3 Å². The van der Waals surface area contributed by atoms with Gasteiger partial charge in [0.25, 0.3) is 20.2 Å². The van der Waals surface area contributed by atoms with Crippen molar-refractivity contribution in [3.63, 3.8) is 0 Å². The van der Waals surface area contributed by atoms with Crippen LogP contribution in [0.1, 0.15) is 2.85 Å². The molecule has 0 atom stereocenters. The fourth-order valence-electron chi connectivity index (χ4n) is 1.83. The van der Waals surface area contributed by atoms with Crippen LogP contribution in [0, 0.1) is 0 Å². The summed E-state index contributed by atoms with van der Waals surface area (Å²) in [5, 5.41) is 0. The fraction of sp³-hybridized carbons (Fsp3) is 0. The minimum Gasteiger partial charge on any atom is -1.00 e. The number of rotatable bonds is 3. The van der Waals surface area contributed by atoms with Crippen molar-refractivity contribution in [2.45, 2.75) is 9.79 Å². The Morgan fingerprint density at radius 2 is 0.909 bits per heavy atom. The van der Waals surface area contributed by atoms with Crippen LogP contribution < -0.4 is 59.1 Å². The molecular weight excluding hydrogens is 350 g/mol. The molecule has 0 aliphatic carbocycles. The van der Waals surface area contributed by atoms with Gasteiger partial charge in [-0.05, 0) is 12.1 Å². The second kappa shape index (κ2) is 8.39. The van der Waals surface area contributed by atoms with Gasteiger partial charge in [0, 0.05) is 11.1 Å². The predicted octanol–water partition coefficient (Wildman–Crippen LogP) is -3.92. The summed E-state index contributed by atoms with van der Waals surface area (Å²) >= 11 is 0. The van der Waals surface area contributed by atoms with Crippen molar-refractivity contribution in [3.05, 3.63) is 48.5 Å². The number of benzene rings is 2. The first kappa shape index (κ1) is 22.3. The molecule has 10 heteroatoms. The molecule has 0 aromatic heterocycles. The number of hydrogen-bond acceptors (Lipinski definition) is 4. The Morgan fingerprint density at radius 3 is 1.18 bits per heavy atom. The quantitative estimate of drug-likeness (QED) is 0.427. The molecule has 0 saturated carbocycles. The summed E-state index contributed by atoms with van der Waals surface area (Å²) < 4.78 is 63.7. The molecular formula is C12H12Na2O6S2. The molecule has 0 aliphatic heterocycles. The monoisotopic (exact) mass is 362 g/mol. The van der Waals surface area contributed by atoms with E-state index in [2.05, 4.69) is 0 Å². The Morgan fingerprint density at radius 1 is 0.636 bits per heavy atom. The van der Waals surface area contributed by atoms with Crippen LogP contribution in [0.25, 0.3) is 11.1 Å². The van der Waals surface area contributed by atoms with Gasteiger partial charge in [-0.25, -0.2) is 0 Å². The maximum atomic E-state index is 11.3. The van der Waals surface area contributed by atoms with Gasteiger partial charge in [-0.15, -0.1) is 0 Å². The van der Waals surface area contributed by atoms with Crippen LogP contribution in [0.3, 0.4) is 0 Å². The number of hydrogen-bond donors (Lipinski definition) is 2. The topological polar surface area (TPSA) is 109 Å². The van der Waals surface area contributed by atoms with E-state index in [9.17, 15) is 25.9 Å².